The van der Waals surface area contributed by atoms with Crippen LogP contribution >= 0.6 is 12.2 Å². The van der Waals surface area contributed by atoms with Gasteiger partial charge in [-0.1, -0.05) is 36.4 Å². The summed E-state index contributed by atoms with van der Waals surface area (Å²) in [4.78, 5) is 1.60. The van der Waals surface area contributed by atoms with E-state index in [4.69, 9.17) is 12.2 Å². The topological polar surface area (TPSA) is 28.5 Å². The highest BCUT2D eigenvalue weighted by Gasteiger charge is 2.04. The summed E-state index contributed by atoms with van der Waals surface area (Å²) < 4.78 is 0. The average Bonchev–Trinajstić information content (AvgIpc) is 2.59. The number of thiocarbonyl (C=S) groups is 1. The van der Waals surface area contributed by atoms with E-state index in [0.717, 1.165) is 18.8 Å². The van der Waals surface area contributed by atoms with Gasteiger partial charge in [-0.05, 0) is 56.2 Å². The van der Waals surface area contributed by atoms with Gasteiger partial charge >= 0.3 is 0 Å². The molecule has 0 bridgehead atoms. The van der Waals surface area contributed by atoms with Crippen LogP contribution in [0.3, 0.4) is 0 Å². The summed E-state index contributed by atoms with van der Waals surface area (Å²) in [5.41, 5.74) is 4.86. The first-order valence-corrected chi connectivity index (χ1v) is 9.04. The van der Waals surface area contributed by atoms with Gasteiger partial charge in [-0.3, -0.25) is 0 Å². The van der Waals surface area contributed by atoms with Crippen LogP contribution in [0.4, 0.5) is 5.69 Å². The number of hydrogen-bond acceptors (Lipinski definition) is 1. The van der Waals surface area contributed by atoms with Crippen LogP contribution in [0.1, 0.15) is 30.5 Å². The van der Waals surface area contributed by atoms with Gasteiger partial charge in [0, 0.05) is 17.8 Å². The normalized spacial score (nSPS) is 10.7. The number of hydrogen-bond donors (Lipinski definition) is 3. The van der Waals surface area contributed by atoms with Crippen LogP contribution < -0.4 is 15.5 Å². The maximum atomic E-state index is 5.37. The fraction of sp³-hybridized carbons (Fsp3) is 0.350. The number of quaternary nitrogens is 1. The summed E-state index contributed by atoms with van der Waals surface area (Å²) in [7, 11) is 0. The van der Waals surface area contributed by atoms with E-state index in [0.29, 0.717) is 5.11 Å². The summed E-state index contributed by atoms with van der Waals surface area (Å²) in [6.07, 6.45) is 0. The monoisotopic (exact) mass is 342 g/mol. The summed E-state index contributed by atoms with van der Waals surface area (Å²) in [6, 6.07) is 17.0. The van der Waals surface area contributed by atoms with Crippen molar-refractivity contribution in [1.29, 1.82) is 0 Å². The minimum Gasteiger partial charge on any atom is -0.358 e. The zero-order valence-electron chi connectivity index (χ0n) is 14.9. The Balaban J connectivity index is 1.82. The molecule has 0 fully saturated rings. The van der Waals surface area contributed by atoms with Crippen LogP contribution in [-0.2, 0) is 13.1 Å². The molecular weight excluding hydrogens is 314 g/mol. The summed E-state index contributed by atoms with van der Waals surface area (Å²) in [5.74, 6) is 0. The van der Waals surface area contributed by atoms with Crippen molar-refractivity contribution in [2.45, 2.75) is 33.9 Å². The molecule has 0 saturated carbocycles. The Morgan fingerprint density at radius 2 is 1.67 bits per heavy atom. The molecule has 0 amide bonds. The number of aryl methyl sites for hydroxylation is 1. The highest BCUT2D eigenvalue weighted by Crippen LogP contribution is 2.09. The molecule has 2 aromatic rings. The third-order valence-electron chi connectivity index (χ3n) is 4.21. The molecule has 0 aliphatic rings. The van der Waals surface area contributed by atoms with Gasteiger partial charge in [-0.15, -0.1) is 0 Å². The SMILES string of the molecule is CC[NH+](CC)Cc1ccc(CNC(=S)Nc2cccc(C)c2)cc1. The number of anilines is 1. The Morgan fingerprint density at radius 1 is 1.00 bits per heavy atom. The molecule has 0 radical (unpaired) electrons. The molecule has 4 heteroatoms. The summed E-state index contributed by atoms with van der Waals surface area (Å²) >= 11 is 5.37. The Kier molecular flexibility index (Phi) is 7.22. The second-order valence-corrected chi connectivity index (χ2v) is 6.54. The van der Waals surface area contributed by atoms with Crippen LogP contribution in [0.15, 0.2) is 48.5 Å². The zero-order valence-corrected chi connectivity index (χ0v) is 15.7. The third-order valence-corrected chi connectivity index (χ3v) is 4.45. The molecule has 0 aromatic heterocycles. The fourth-order valence-corrected chi connectivity index (χ4v) is 2.83. The van der Waals surface area contributed by atoms with Gasteiger partial charge in [0.1, 0.15) is 6.54 Å². The molecule has 0 aliphatic carbocycles. The number of rotatable bonds is 7. The van der Waals surface area contributed by atoms with Crippen LogP contribution in [0.25, 0.3) is 0 Å². The minimum absolute atomic E-state index is 0.650. The molecule has 128 valence electrons. The molecular formula is C20H28N3S+. The molecule has 0 spiro atoms. The van der Waals surface area contributed by atoms with Crippen molar-refractivity contribution in [3.8, 4) is 0 Å². The average molecular weight is 343 g/mol. The number of nitrogens with one attached hydrogen (secondary N) is 3. The molecule has 3 nitrogen and oxygen atoms in total. The Bertz CT molecular complexity index is 648. The third kappa shape index (κ3) is 5.95. The van der Waals surface area contributed by atoms with E-state index in [1.54, 1.807) is 4.90 Å². The van der Waals surface area contributed by atoms with Gasteiger partial charge in [0.25, 0.3) is 0 Å². The molecule has 0 atom stereocenters. The molecule has 0 unspecified atom stereocenters. The predicted octanol–water partition coefficient (Wildman–Crippen LogP) is 2.91. The second-order valence-electron chi connectivity index (χ2n) is 6.13. The summed E-state index contributed by atoms with van der Waals surface area (Å²) in [6.45, 7) is 10.7. The van der Waals surface area contributed by atoms with Gasteiger partial charge in [-0.25, -0.2) is 0 Å². The largest absolute Gasteiger partial charge is 0.358 e. The highest BCUT2D eigenvalue weighted by molar-refractivity contribution is 7.80. The smallest absolute Gasteiger partial charge is 0.171 e. The number of benzene rings is 2. The fourth-order valence-electron chi connectivity index (χ4n) is 2.64. The zero-order chi connectivity index (χ0) is 17.4. The van der Waals surface area contributed by atoms with Gasteiger partial charge in [0.05, 0.1) is 13.1 Å². The van der Waals surface area contributed by atoms with E-state index in [-0.39, 0.29) is 0 Å². The van der Waals surface area contributed by atoms with Crippen molar-refractivity contribution >= 4 is 23.0 Å². The highest BCUT2D eigenvalue weighted by atomic mass is 32.1. The van der Waals surface area contributed by atoms with Crippen LogP contribution in [0.5, 0.6) is 0 Å². The van der Waals surface area contributed by atoms with Crippen LogP contribution in [0.2, 0.25) is 0 Å². The van der Waals surface area contributed by atoms with Crippen molar-refractivity contribution in [3.05, 3.63) is 65.2 Å². The lowest BCUT2D eigenvalue weighted by molar-refractivity contribution is -0.910. The first-order chi connectivity index (χ1) is 11.6. The van der Waals surface area contributed by atoms with E-state index in [2.05, 4.69) is 67.8 Å². The second kappa shape index (κ2) is 9.40. The lowest BCUT2D eigenvalue weighted by atomic mass is 10.1. The molecule has 2 aromatic carbocycles. The Hall–Kier alpha value is -1.91. The molecule has 0 saturated heterocycles. The van der Waals surface area contributed by atoms with Crippen molar-refractivity contribution in [1.82, 2.24) is 5.32 Å². The molecule has 3 N–H and O–H groups in total. The molecule has 0 aliphatic heterocycles. The lowest BCUT2D eigenvalue weighted by Gasteiger charge is -2.15. The van der Waals surface area contributed by atoms with Crippen molar-refractivity contribution < 1.29 is 4.90 Å². The van der Waals surface area contributed by atoms with E-state index in [1.165, 1.54) is 29.8 Å². The van der Waals surface area contributed by atoms with Gasteiger partial charge in [-0.2, -0.15) is 0 Å². The standard InChI is InChI=1S/C20H27N3S/c1-4-23(5-2)15-18-11-9-17(10-12-18)14-21-20(24)22-19-8-6-7-16(3)13-19/h6-13H,4-5,14-15H2,1-3H3,(H2,21,22,24)/p+1. The van der Waals surface area contributed by atoms with Gasteiger partial charge < -0.3 is 15.5 Å². The van der Waals surface area contributed by atoms with E-state index in [9.17, 15) is 0 Å². The van der Waals surface area contributed by atoms with E-state index >= 15 is 0 Å². The Morgan fingerprint density at radius 3 is 2.29 bits per heavy atom. The van der Waals surface area contributed by atoms with Crippen molar-refractivity contribution in [2.75, 3.05) is 18.4 Å². The predicted molar refractivity (Wildman–Crippen MR) is 106 cm³/mol. The van der Waals surface area contributed by atoms with Crippen molar-refractivity contribution in [3.63, 3.8) is 0 Å². The summed E-state index contributed by atoms with van der Waals surface area (Å²) in [5, 5.41) is 7.14. The van der Waals surface area contributed by atoms with Crippen molar-refractivity contribution in [2.24, 2.45) is 0 Å². The minimum atomic E-state index is 0.650. The van der Waals surface area contributed by atoms with Gasteiger partial charge in [0.2, 0.25) is 0 Å². The van der Waals surface area contributed by atoms with Gasteiger partial charge in [0.15, 0.2) is 5.11 Å². The maximum Gasteiger partial charge on any atom is 0.171 e. The lowest BCUT2D eigenvalue weighted by Crippen LogP contribution is -3.10. The first kappa shape index (κ1) is 18.4. The quantitative estimate of drug-likeness (QED) is 0.676. The molecule has 0 heterocycles. The van der Waals surface area contributed by atoms with E-state index < -0.39 is 0 Å². The Labute approximate surface area is 151 Å². The first-order valence-electron chi connectivity index (χ1n) is 8.63. The maximum absolute atomic E-state index is 5.37. The molecule has 24 heavy (non-hydrogen) atoms. The van der Waals surface area contributed by atoms with E-state index in [1.807, 2.05) is 12.1 Å². The van der Waals surface area contributed by atoms with Crippen LogP contribution in [0, 0.1) is 6.92 Å². The van der Waals surface area contributed by atoms with Crippen LogP contribution in [-0.4, -0.2) is 18.2 Å². The molecule has 2 rings (SSSR count).